The highest BCUT2D eigenvalue weighted by Crippen LogP contribution is 2.27. The molecule has 2 N–H and O–H groups in total. The Balaban J connectivity index is 2.02. The lowest BCUT2D eigenvalue weighted by atomic mass is 10.2. The van der Waals surface area contributed by atoms with E-state index < -0.39 is 11.8 Å². The lowest BCUT2D eigenvalue weighted by molar-refractivity contribution is -0.133. The molecule has 0 aliphatic carbocycles. The van der Waals surface area contributed by atoms with Gasteiger partial charge >= 0.3 is 11.8 Å². The fourth-order valence-electron chi connectivity index (χ4n) is 1.95. The SMILES string of the molecule is CCOc1ccc(NC(=O)C(=O)Nc2cc(Cl)ccc2OC)cc1. The number of hydrogen-bond acceptors (Lipinski definition) is 4. The van der Waals surface area contributed by atoms with Crippen molar-refractivity contribution in [2.24, 2.45) is 0 Å². The standard InChI is InChI=1S/C17H17ClN2O4/c1-3-24-13-7-5-12(6-8-13)19-16(21)17(22)20-14-10-11(18)4-9-15(14)23-2/h4-10H,3H2,1-2H3,(H,19,21)(H,20,22). The number of carbonyl (C=O) groups is 2. The van der Waals surface area contributed by atoms with Crippen LogP contribution >= 0.6 is 11.6 Å². The van der Waals surface area contributed by atoms with Crippen molar-refractivity contribution in [3.05, 3.63) is 47.5 Å². The van der Waals surface area contributed by atoms with Crippen molar-refractivity contribution in [2.45, 2.75) is 6.92 Å². The second-order valence-electron chi connectivity index (χ2n) is 4.71. The third kappa shape index (κ3) is 4.63. The number of hydrogen-bond donors (Lipinski definition) is 2. The number of methoxy groups -OCH3 is 1. The molecule has 0 saturated heterocycles. The van der Waals surface area contributed by atoms with E-state index in [2.05, 4.69) is 10.6 Å². The number of rotatable bonds is 5. The minimum atomic E-state index is -0.829. The first-order chi connectivity index (χ1) is 11.5. The maximum Gasteiger partial charge on any atom is 0.314 e. The summed E-state index contributed by atoms with van der Waals surface area (Å²) < 4.78 is 10.4. The van der Waals surface area contributed by atoms with Crippen molar-refractivity contribution in [3.8, 4) is 11.5 Å². The third-order valence-corrected chi connectivity index (χ3v) is 3.27. The van der Waals surface area contributed by atoms with Crippen LogP contribution < -0.4 is 20.1 Å². The number of ether oxygens (including phenoxy) is 2. The van der Waals surface area contributed by atoms with E-state index in [9.17, 15) is 9.59 Å². The highest BCUT2D eigenvalue weighted by molar-refractivity contribution is 6.44. The molecule has 0 spiro atoms. The Kier molecular flexibility index (Phi) is 6.03. The van der Waals surface area contributed by atoms with Gasteiger partial charge in [-0.3, -0.25) is 9.59 Å². The van der Waals surface area contributed by atoms with Gasteiger partial charge in [0.25, 0.3) is 0 Å². The van der Waals surface area contributed by atoms with E-state index in [0.717, 1.165) is 0 Å². The van der Waals surface area contributed by atoms with Gasteiger partial charge in [-0.15, -0.1) is 0 Å². The van der Waals surface area contributed by atoms with E-state index in [4.69, 9.17) is 21.1 Å². The van der Waals surface area contributed by atoms with Crippen LogP contribution in [0.4, 0.5) is 11.4 Å². The second-order valence-corrected chi connectivity index (χ2v) is 5.15. The Morgan fingerprint density at radius 2 is 1.71 bits per heavy atom. The average molecular weight is 349 g/mol. The maximum absolute atomic E-state index is 12.0. The molecule has 2 aromatic carbocycles. The zero-order chi connectivity index (χ0) is 17.5. The third-order valence-electron chi connectivity index (χ3n) is 3.04. The molecule has 24 heavy (non-hydrogen) atoms. The predicted molar refractivity (Wildman–Crippen MR) is 92.9 cm³/mol. The highest BCUT2D eigenvalue weighted by atomic mass is 35.5. The molecule has 6 nitrogen and oxygen atoms in total. The summed E-state index contributed by atoms with van der Waals surface area (Å²) in [5, 5.41) is 5.39. The fraction of sp³-hybridized carbons (Fsp3) is 0.176. The Hall–Kier alpha value is -2.73. The Labute approximate surface area is 144 Å². The topological polar surface area (TPSA) is 76.7 Å². The molecule has 0 heterocycles. The van der Waals surface area contributed by atoms with Crippen LogP contribution in [0.3, 0.4) is 0 Å². The van der Waals surface area contributed by atoms with Crippen LogP contribution in [0.25, 0.3) is 0 Å². The fourth-order valence-corrected chi connectivity index (χ4v) is 2.12. The molecule has 0 bridgehead atoms. The van der Waals surface area contributed by atoms with E-state index in [-0.39, 0.29) is 0 Å². The minimum absolute atomic E-state index is 0.317. The number of anilines is 2. The molecule has 0 atom stereocenters. The van der Waals surface area contributed by atoms with Crippen molar-refractivity contribution in [1.82, 2.24) is 0 Å². The van der Waals surface area contributed by atoms with Crippen LogP contribution in [0.15, 0.2) is 42.5 Å². The van der Waals surface area contributed by atoms with Gasteiger partial charge in [0.1, 0.15) is 11.5 Å². The molecule has 0 radical (unpaired) electrons. The summed E-state index contributed by atoms with van der Waals surface area (Å²) in [5.74, 6) is -0.545. The molecular formula is C17H17ClN2O4. The van der Waals surface area contributed by atoms with Crippen LogP contribution in [-0.2, 0) is 9.59 Å². The lowest BCUT2D eigenvalue weighted by Gasteiger charge is -2.11. The van der Waals surface area contributed by atoms with Gasteiger partial charge in [-0.2, -0.15) is 0 Å². The number of amides is 2. The Bertz CT molecular complexity index is 732. The molecule has 2 rings (SSSR count). The largest absolute Gasteiger partial charge is 0.495 e. The smallest absolute Gasteiger partial charge is 0.314 e. The molecule has 126 valence electrons. The summed E-state index contributed by atoms with van der Waals surface area (Å²) in [6.07, 6.45) is 0. The summed E-state index contributed by atoms with van der Waals surface area (Å²) in [4.78, 5) is 24.0. The number of halogens is 1. The number of nitrogens with one attached hydrogen (secondary N) is 2. The molecule has 0 aliphatic heterocycles. The minimum Gasteiger partial charge on any atom is -0.495 e. The van der Waals surface area contributed by atoms with Gasteiger partial charge in [0.15, 0.2) is 0 Å². The normalized spacial score (nSPS) is 9.96. The van der Waals surface area contributed by atoms with Gasteiger partial charge in [-0.1, -0.05) is 11.6 Å². The first-order valence-corrected chi connectivity index (χ1v) is 7.60. The quantitative estimate of drug-likeness (QED) is 0.813. The maximum atomic E-state index is 12.0. The highest BCUT2D eigenvalue weighted by Gasteiger charge is 2.16. The van der Waals surface area contributed by atoms with Crippen LogP contribution in [0.1, 0.15) is 6.92 Å². The summed E-state index contributed by atoms with van der Waals surface area (Å²) in [7, 11) is 1.46. The molecule has 0 fully saturated rings. The van der Waals surface area contributed by atoms with Gasteiger partial charge in [-0.05, 0) is 49.4 Å². The van der Waals surface area contributed by atoms with E-state index in [0.29, 0.717) is 34.5 Å². The summed E-state index contributed by atoms with van der Waals surface area (Å²) in [6, 6.07) is 11.4. The van der Waals surface area contributed by atoms with E-state index >= 15 is 0 Å². The monoisotopic (exact) mass is 348 g/mol. The van der Waals surface area contributed by atoms with Gasteiger partial charge in [0, 0.05) is 10.7 Å². The van der Waals surface area contributed by atoms with Crippen LogP contribution in [0.2, 0.25) is 5.02 Å². The molecule has 2 aromatic rings. The number of carbonyl (C=O) groups excluding carboxylic acids is 2. The molecule has 7 heteroatoms. The summed E-state index contributed by atoms with van der Waals surface area (Å²) in [5.41, 5.74) is 0.800. The Morgan fingerprint density at radius 1 is 1.04 bits per heavy atom. The zero-order valence-corrected chi connectivity index (χ0v) is 14.0. The van der Waals surface area contributed by atoms with Crippen molar-refractivity contribution >= 4 is 34.8 Å². The molecular weight excluding hydrogens is 332 g/mol. The van der Waals surface area contributed by atoms with Crippen molar-refractivity contribution < 1.29 is 19.1 Å². The zero-order valence-electron chi connectivity index (χ0n) is 13.3. The molecule has 2 amide bonds. The average Bonchev–Trinajstić information content (AvgIpc) is 2.57. The van der Waals surface area contributed by atoms with Crippen LogP contribution in [-0.4, -0.2) is 25.5 Å². The molecule has 0 aliphatic rings. The van der Waals surface area contributed by atoms with E-state index in [1.54, 1.807) is 36.4 Å². The number of benzene rings is 2. The first-order valence-electron chi connectivity index (χ1n) is 7.22. The van der Waals surface area contributed by atoms with Crippen molar-refractivity contribution in [3.63, 3.8) is 0 Å². The van der Waals surface area contributed by atoms with Gasteiger partial charge in [0.05, 0.1) is 19.4 Å². The lowest BCUT2D eigenvalue weighted by Crippen LogP contribution is -2.29. The van der Waals surface area contributed by atoms with Crippen molar-refractivity contribution in [2.75, 3.05) is 24.4 Å². The summed E-state index contributed by atoms with van der Waals surface area (Å²) >= 11 is 5.89. The predicted octanol–water partition coefficient (Wildman–Crippen LogP) is 3.32. The second kappa shape index (κ2) is 8.21. The van der Waals surface area contributed by atoms with Gasteiger partial charge < -0.3 is 20.1 Å². The first kappa shape index (κ1) is 17.6. The van der Waals surface area contributed by atoms with E-state index in [1.807, 2.05) is 6.92 Å². The molecule has 0 saturated carbocycles. The van der Waals surface area contributed by atoms with Gasteiger partial charge in [0.2, 0.25) is 0 Å². The van der Waals surface area contributed by atoms with Crippen molar-refractivity contribution in [1.29, 1.82) is 0 Å². The van der Waals surface area contributed by atoms with Crippen LogP contribution in [0.5, 0.6) is 11.5 Å². The summed E-state index contributed by atoms with van der Waals surface area (Å²) in [6.45, 7) is 2.43. The molecule has 0 unspecified atom stereocenters. The molecule has 0 aromatic heterocycles. The van der Waals surface area contributed by atoms with Crippen LogP contribution in [0, 0.1) is 0 Å². The van der Waals surface area contributed by atoms with E-state index in [1.165, 1.54) is 13.2 Å². The van der Waals surface area contributed by atoms with Gasteiger partial charge in [-0.25, -0.2) is 0 Å². The Morgan fingerprint density at radius 3 is 2.33 bits per heavy atom.